The molecule has 2 N–H and O–H groups in total. The summed E-state index contributed by atoms with van der Waals surface area (Å²) in [5, 5.41) is 6.38. The molecule has 2 amide bonds. The lowest BCUT2D eigenvalue weighted by molar-refractivity contribution is 0.129. The molecule has 0 saturated heterocycles. The Kier molecular flexibility index (Phi) is 9.66. The maximum Gasteiger partial charge on any atom is 0.314 e. The van der Waals surface area contributed by atoms with Gasteiger partial charge in [0.2, 0.25) is 0 Å². The van der Waals surface area contributed by atoms with E-state index in [-0.39, 0.29) is 6.03 Å². The van der Waals surface area contributed by atoms with Crippen LogP contribution in [0.1, 0.15) is 31.7 Å². The number of hydrogen-bond donors (Lipinski definition) is 2. The highest BCUT2D eigenvalue weighted by Crippen LogP contribution is 2.09. The van der Waals surface area contributed by atoms with Crippen LogP contribution in [0.2, 0.25) is 5.02 Å². The third-order valence-electron chi connectivity index (χ3n) is 3.01. The van der Waals surface area contributed by atoms with Crippen molar-refractivity contribution in [3.05, 3.63) is 34.9 Å². The zero-order valence-corrected chi connectivity index (χ0v) is 13.4. The monoisotopic (exact) mass is 312 g/mol. The molecule has 1 rings (SSSR count). The molecule has 0 saturated carbocycles. The Balaban J connectivity index is 1.97. The van der Waals surface area contributed by atoms with Gasteiger partial charge in [-0.05, 0) is 37.0 Å². The predicted octanol–water partition coefficient (Wildman–Crippen LogP) is 3.39. The number of hydrogen-bond acceptors (Lipinski definition) is 2. The summed E-state index contributed by atoms with van der Waals surface area (Å²) in [7, 11) is 0. The van der Waals surface area contributed by atoms with Crippen LogP contribution in [0.3, 0.4) is 0 Å². The molecule has 0 unspecified atom stereocenters. The van der Waals surface area contributed by atoms with Gasteiger partial charge in [0.05, 0.1) is 0 Å². The van der Waals surface area contributed by atoms with Crippen LogP contribution in [0, 0.1) is 0 Å². The largest absolute Gasteiger partial charge is 0.381 e. The van der Waals surface area contributed by atoms with Crippen molar-refractivity contribution < 1.29 is 9.53 Å². The van der Waals surface area contributed by atoms with Crippen molar-refractivity contribution in [1.29, 1.82) is 0 Å². The molecular formula is C16H25ClN2O2. The van der Waals surface area contributed by atoms with E-state index in [4.69, 9.17) is 16.3 Å². The fraction of sp³-hybridized carbons (Fsp3) is 0.562. The minimum atomic E-state index is -0.127. The van der Waals surface area contributed by atoms with Crippen LogP contribution in [0.4, 0.5) is 4.79 Å². The van der Waals surface area contributed by atoms with Crippen molar-refractivity contribution in [3.63, 3.8) is 0 Å². The zero-order valence-electron chi connectivity index (χ0n) is 12.7. The van der Waals surface area contributed by atoms with Crippen LogP contribution in [0.25, 0.3) is 0 Å². The van der Waals surface area contributed by atoms with Crippen molar-refractivity contribution in [1.82, 2.24) is 10.6 Å². The van der Waals surface area contributed by atoms with Crippen LogP contribution >= 0.6 is 11.6 Å². The van der Waals surface area contributed by atoms with Crippen molar-refractivity contribution in [2.24, 2.45) is 0 Å². The van der Waals surface area contributed by atoms with Gasteiger partial charge in [-0.1, -0.05) is 37.1 Å². The molecule has 0 heterocycles. The Hall–Kier alpha value is -1.26. The number of carbonyl (C=O) groups is 1. The van der Waals surface area contributed by atoms with Crippen LogP contribution in [0.15, 0.2) is 24.3 Å². The summed E-state index contributed by atoms with van der Waals surface area (Å²) in [5.74, 6) is 0. The number of unbranched alkanes of at least 4 members (excludes halogenated alkanes) is 1. The standard InChI is InChI=1S/C16H25ClN2O2/c1-2-3-12-21-13-4-10-18-16(20)19-11-9-14-5-7-15(17)8-6-14/h5-8H,2-4,9-13H2,1H3,(H2,18,19,20). The second-order valence-corrected chi connectivity index (χ2v) is 5.32. The van der Waals surface area contributed by atoms with E-state index < -0.39 is 0 Å². The zero-order chi connectivity index (χ0) is 15.3. The molecule has 1 aromatic rings. The predicted molar refractivity (Wildman–Crippen MR) is 86.9 cm³/mol. The number of amides is 2. The van der Waals surface area contributed by atoms with E-state index in [9.17, 15) is 4.79 Å². The Bertz CT molecular complexity index is 396. The number of nitrogens with one attached hydrogen (secondary N) is 2. The number of halogens is 1. The van der Waals surface area contributed by atoms with Gasteiger partial charge in [-0.3, -0.25) is 0 Å². The quantitative estimate of drug-likeness (QED) is 0.651. The molecule has 1 aromatic carbocycles. The van der Waals surface area contributed by atoms with Crippen molar-refractivity contribution in [2.45, 2.75) is 32.6 Å². The highest BCUT2D eigenvalue weighted by molar-refractivity contribution is 6.30. The SMILES string of the molecule is CCCCOCCCNC(=O)NCCc1ccc(Cl)cc1. The van der Waals surface area contributed by atoms with E-state index in [0.717, 1.165) is 42.9 Å². The first-order valence-corrected chi connectivity index (χ1v) is 7.94. The molecule has 0 aliphatic carbocycles. The lowest BCUT2D eigenvalue weighted by Gasteiger charge is -2.08. The van der Waals surface area contributed by atoms with Crippen LogP contribution in [0.5, 0.6) is 0 Å². The maximum absolute atomic E-state index is 11.5. The minimum absolute atomic E-state index is 0.127. The molecule has 0 aromatic heterocycles. The Labute approximate surface area is 132 Å². The molecule has 21 heavy (non-hydrogen) atoms. The topological polar surface area (TPSA) is 50.4 Å². The smallest absolute Gasteiger partial charge is 0.314 e. The van der Waals surface area contributed by atoms with Gasteiger partial charge in [-0.15, -0.1) is 0 Å². The van der Waals surface area contributed by atoms with E-state index in [2.05, 4.69) is 17.6 Å². The van der Waals surface area contributed by atoms with E-state index in [0.29, 0.717) is 19.7 Å². The third kappa shape index (κ3) is 9.32. The molecule has 0 fully saturated rings. The van der Waals surface area contributed by atoms with Crippen LogP contribution in [-0.4, -0.2) is 32.3 Å². The van der Waals surface area contributed by atoms with E-state index in [1.807, 2.05) is 24.3 Å². The van der Waals surface area contributed by atoms with E-state index in [1.165, 1.54) is 0 Å². The molecule has 0 aliphatic rings. The minimum Gasteiger partial charge on any atom is -0.381 e. The van der Waals surface area contributed by atoms with Gasteiger partial charge in [-0.25, -0.2) is 4.79 Å². The summed E-state index contributed by atoms with van der Waals surface area (Å²) in [6.45, 7) is 4.90. The molecule has 0 bridgehead atoms. The van der Waals surface area contributed by atoms with Crippen molar-refractivity contribution >= 4 is 17.6 Å². The summed E-state index contributed by atoms with van der Waals surface area (Å²) >= 11 is 5.82. The summed E-state index contributed by atoms with van der Waals surface area (Å²) in [6, 6.07) is 7.52. The molecule has 0 spiro atoms. The molecule has 118 valence electrons. The molecule has 0 radical (unpaired) electrons. The molecule has 5 heteroatoms. The maximum atomic E-state index is 11.5. The summed E-state index contributed by atoms with van der Waals surface area (Å²) in [6.07, 6.45) is 3.88. The lowest BCUT2D eigenvalue weighted by atomic mass is 10.1. The third-order valence-corrected chi connectivity index (χ3v) is 3.26. The lowest BCUT2D eigenvalue weighted by Crippen LogP contribution is -2.37. The Morgan fingerprint density at radius 3 is 2.48 bits per heavy atom. The van der Waals surface area contributed by atoms with Crippen molar-refractivity contribution in [3.8, 4) is 0 Å². The normalized spacial score (nSPS) is 10.4. The average Bonchev–Trinajstić information content (AvgIpc) is 2.48. The van der Waals surface area contributed by atoms with Gasteiger partial charge in [0, 0.05) is 31.3 Å². The fourth-order valence-corrected chi connectivity index (χ4v) is 1.88. The number of ether oxygens (including phenoxy) is 1. The van der Waals surface area contributed by atoms with Crippen molar-refractivity contribution in [2.75, 3.05) is 26.3 Å². The summed E-state index contributed by atoms with van der Waals surface area (Å²) in [5.41, 5.74) is 1.16. The van der Waals surface area contributed by atoms with Gasteiger partial charge < -0.3 is 15.4 Å². The highest BCUT2D eigenvalue weighted by atomic mass is 35.5. The molecule has 4 nitrogen and oxygen atoms in total. The first kappa shape index (κ1) is 17.8. The first-order chi connectivity index (χ1) is 10.2. The van der Waals surface area contributed by atoms with Crippen LogP contribution in [-0.2, 0) is 11.2 Å². The number of urea groups is 1. The first-order valence-electron chi connectivity index (χ1n) is 7.56. The molecule has 0 atom stereocenters. The van der Waals surface area contributed by atoms with Crippen LogP contribution < -0.4 is 10.6 Å². The average molecular weight is 313 g/mol. The number of benzene rings is 1. The van der Waals surface area contributed by atoms with E-state index >= 15 is 0 Å². The van der Waals surface area contributed by atoms with Gasteiger partial charge in [0.15, 0.2) is 0 Å². The second kappa shape index (κ2) is 11.4. The van der Waals surface area contributed by atoms with Gasteiger partial charge in [0.1, 0.15) is 0 Å². The Morgan fingerprint density at radius 1 is 1.10 bits per heavy atom. The Morgan fingerprint density at radius 2 is 1.76 bits per heavy atom. The fourth-order valence-electron chi connectivity index (χ4n) is 1.76. The van der Waals surface area contributed by atoms with Gasteiger partial charge in [-0.2, -0.15) is 0 Å². The summed E-state index contributed by atoms with van der Waals surface area (Å²) in [4.78, 5) is 11.5. The molecular weight excluding hydrogens is 288 g/mol. The number of rotatable bonds is 10. The highest BCUT2D eigenvalue weighted by Gasteiger charge is 1.99. The van der Waals surface area contributed by atoms with Gasteiger partial charge in [0.25, 0.3) is 0 Å². The number of carbonyl (C=O) groups excluding carboxylic acids is 1. The summed E-state index contributed by atoms with van der Waals surface area (Å²) < 4.78 is 5.42. The van der Waals surface area contributed by atoms with E-state index in [1.54, 1.807) is 0 Å². The van der Waals surface area contributed by atoms with Gasteiger partial charge >= 0.3 is 6.03 Å². The molecule has 0 aliphatic heterocycles. The second-order valence-electron chi connectivity index (χ2n) is 4.88.